The van der Waals surface area contributed by atoms with E-state index in [-0.39, 0.29) is 11.6 Å². The van der Waals surface area contributed by atoms with Gasteiger partial charge in [0.15, 0.2) is 11.6 Å². The van der Waals surface area contributed by atoms with E-state index in [1.165, 1.54) is 13.8 Å². The average molecular weight is 267 g/mol. The highest BCUT2D eigenvalue weighted by atomic mass is 16.1. The molecule has 0 aliphatic rings. The summed E-state index contributed by atoms with van der Waals surface area (Å²) in [5.74, 6) is -0.269. The molecular formula is C17H17NO2. The van der Waals surface area contributed by atoms with Gasteiger partial charge in [-0.05, 0) is 25.0 Å². The van der Waals surface area contributed by atoms with Gasteiger partial charge in [-0.1, -0.05) is 48.5 Å². The Bertz CT molecular complexity index is 647. The highest BCUT2D eigenvalue weighted by Crippen LogP contribution is 2.26. The first-order valence-corrected chi connectivity index (χ1v) is 6.47. The van der Waals surface area contributed by atoms with Crippen LogP contribution in [0.3, 0.4) is 0 Å². The quantitative estimate of drug-likeness (QED) is 0.866. The molecule has 0 spiro atoms. The molecule has 0 aliphatic carbocycles. The lowest BCUT2D eigenvalue weighted by atomic mass is 9.89. The van der Waals surface area contributed by atoms with Gasteiger partial charge in [0.1, 0.15) is 0 Å². The van der Waals surface area contributed by atoms with E-state index >= 15 is 0 Å². The maximum absolute atomic E-state index is 11.9. The Morgan fingerprint density at radius 2 is 1.55 bits per heavy atom. The van der Waals surface area contributed by atoms with Crippen molar-refractivity contribution >= 4 is 11.6 Å². The van der Waals surface area contributed by atoms with E-state index in [4.69, 9.17) is 5.73 Å². The maximum atomic E-state index is 11.9. The minimum Gasteiger partial charge on any atom is -0.320 e. The minimum absolute atomic E-state index is 0.127. The third-order valence-corrected chi connectivity index (χ3v) is 3.32. The van der Waals surface area contributed by atoms with Crippen molar-refractivity contribution in [1.82, 2.24) is 0 Å². The Morgan fingerprint density at radius 1 is 0.900 bits per heavy atom. The van der Waals surface area contributed by atoms with Gasteiger partial charge in [-0.25, -0.2) is 0 Å². The first-order chi connectivity index (χ1) is 9.52. The molecule has 1 atom stereocenters. The first kappa shape index (κ1) is 14.2. The van der Waals surface area contributed by atoms with Gasteiger partial charge in [0.05, 0.1) is 6.04 Å². The van der Waals surface area contributed by atoms with Crippen LogP contribution < -0.4 is 5.73 Å². The molecule has 0 radical (unpaired) electrons. The highest BCUT2D eigenvalue weighted by molar-refractivity contribution is 6.08. The number of hydrogen-bond acceptors (Lipinski definition) is 3. The lowest BCUT2D eigenvalue weighted by Gasteiger charge is -2.17. The van der Waals surface area contributed by atoms with Crippen molar-refractivity contribution in [2.24, 2.45) is 5.73 Å². The predicted molar refractivity (Wildman–Crippen MR) is 78.9 cm³/mol. The van der Waals surface area contributed by atoms with Crippen molar-refractivity contribution in [2.75, 3.05) is 0 Å². The van der Waals surface area contributed by atoms with E-state index in [0.717, 1.165) is 5.56 Å². The van der Waals surface area contributed by atoms with Crippen molar-refractivity contribution < 1.29 is 9.59 Å². The van der Waals surface area contributed by atoms with E-state index in [1.807, 2.05) is 30.3 Å². The Morgan fingerprint density at radius 3 is 2.10 bits per heavy atom. The van der Waals surface area contributed by atoms with Gasteiger partial charge in [-0.15, -0.1) is 0 Å². The monoisotopic (exact) mass is 267 g/mol. The molecule has 2 N–H and O–H groups in total. The SMILES string of the molecule is CC(=O)c1cccc(C(N)c2ccccc2)c1C(C)=O. The fourth-order valence-electron chi connectivity index (χ4n) is 2.36. The fraction of sp³-hybridized carbons (Fsp3) is 0.176. The first-order valence-electron chi connectivity index (χ1n) is 6.47. The molecule has 0 bridgehead atoms. The van der Waals surface area contributed by atoms with E-state index in [0.29, 0.717) is 16.7 Å². The number of Topliss-reactive ketones (excluding diaryl/α,β-unsaturated/α-hetero) is 2. The van der Waals surface area contributed by atoms with Gasteiger partial charge < -0.3 is 5.73 Å². The fourth-order valence-corrected chi connectivity index (χ4v) is 2.36. The lowest BCUT2D eigenvalue weighted by molar-refractivity contribution is 0.0980. The van der Waals surface area contributed by atoms with Gasteiger partial charge in [-0.2, -0.15) is 0 Å². The third kappa shape index (κ3) is 2.68. The Kier molecular flexibility index (Phi) is 4.11. The van der Waals surface area contributed by atoms with Crippen LogP contribution in [-0.4, -0.2) is 11.6 Å². The molecular weight excluding hydrogens is 250 g/mol. The molecule has 2 aromatic rings. The molecule has 0 amide bonds. The standard InChI is InChI=1S/C17H17NO2/c1-11(19)14-9-6-10-15(16(14)12(2)20)17(18)13-7-4-3-5-8-13/h3-10,17H,18H2,1-2H3. The zero-order valence-electron chi connectivity index (χ0n) is 11.6. The van der Waals surface area contributed by atoms with Gasteiger partial charge in [0.2, 0.25) is 0 Å². The molecule has 1 unspecified atom stereocenters. The van der Waals surface area contributed by atoms with Crippen LogP contribution in [-0.2, 0) is 0 Å². The molecule has 0 aliphatic heterocycles. The van der Waals surface area contributed by atoms with Crippen molar-refractivity contribution in [3.63, 3.8) is 0 Å². The number of nitrogens with two attached hydrogens (primary N) is 1. The van der Waals surface area contributed by atoms with Crippen LogP contribution in [0.4, 0.5) is 0 Å². The summed E-state index contributed by atoms with van der Waals surface area (Å²) in [5.41, 5.74) is 8.72. The van der Waals surface area contributed by atoms with Crippen LogP contribution in [0.2, 0.25) is 0 Å². The molecule has 2 aromatic carbocycles. The molecule has 3 heteroatoms. The smallest absolute Gasteiger partial charge is 0.160 e. The summed E-state index contributed by atoms with van der Waals surface area (Å²) in [6.07, 6.45) is 0. The normalized spacial score (nSPS) is 11.9. The molecule has 102 valence electrons. The Balaban J connectivity index is 2.60. The van der Waals surface area contributed by atoms with Gasteiger partial charge in [0, 0.05) is 11.1 Å². The van der Waals surface area contributed by atoms with Gasteiger partial charge >= 0.3 is 0 Å². The Hall–Kier alpha value is -2.26. The average Bonchev–Trinajstić information content (AvgIpc) is 2.46. The Labute approximate surface area is 118 Å². The summed E-state index contributed by atoms with van der Waals surface area (Å²) in [5, 5.41) is 0. The molecule has 0 fully saturated rings. The van der Waals surface area contributed by atoms with Crippen LogP contribution in [0.5, 0.6) is 0 Å². The molecule has 20 heavy (non-hydrogen) atoms. The largest absolute Gasteiger partial charge is 0.320 e. The summed E-state index contributed by atoms with van der Waals surface area (Å²) >= 11 is 0. The molecule has 2 rings (SSSR count). The second kappa shape index (κ2) is 5.80. The summed E-state index contributed by atoms with van der Waals surface area (Å²) in [7, 11) is 0. The number of rotatable bonds is 4. The summed E-state index contributed by atoms with van der Waals surface area (Å²) in [4.78, 5) is 23.6. The molecule has 3 nitrogen and oxygen atoms in total. The third-order valence-electron chi connectivity index (χ3n) is 3.32. The van der Waals surface area contributed by atoms with E-state index in [1.54, 1.807) is 18.2 Å². The van der Waals surface area contributed by atoms with Crippen LogP contribution in [0.15, 0.2) is 48.5 Å². The van der Waals surface area contributed by atoms with Crippen molar-refractivity contribution in [1.29, 1.82) is 0 Å². The van der Waals surface area contributed by atoms with Crippen LogP contribution in [0, 0.1) is 0 Å². The van der Waals surface area contributed by atoms with Gasteiger partial charge in [-0.3, -0.25) is 9.59 Å². The summed E-state index contributed by atoms with van der Waals surface area (Å²) < 4.78 is 0. The summed E-state index contributed by atoms with van der Waals surface area (Å²) in [6, 6.07) is 14.4. The minimum atomic E-state index is -0.422. The zero-order chi connectivity index (χ0) is 14.7. The number of hydrogen-bond donors (Lipinski definition) is 1. The van der Waals surface area contributed by atoms with Crippen molar-refractivity contribution in [2.45, 2.75) is 19.9 Å². The lowest BCUT2D eigenvalue weighted by Crippen LogP contribution is -2.18. The van der Waals surface area contributed by atoms with E-state index in [2.05, 4.69) is 0 Å². The second-order valence-electron chi connectivity index (χ2n) is 4.77. The maximum Gasteiger partial charge on any atom is 0.160 e. The number of ketones is 2. The van der Waals surface area contributed by atoms with Crippen molar-refractivity contribution in [3.05, 3.63) is 70.8 Å². The van der Waals surface area contributed by atoms with E-state index < -0.39 is 6.04 Å². The number of carbonyl (C=O) groups excluding carboxylic acids is 2. The van der Waals surface area contributed by atoms with Crippen LogP contribution >= 0.6 is 0 Å². The molecule has 0 heterocycles. The summed E-state index contributed by atoms with van der Waals surface area (Å²) in [6.45, 7) is 2.92. The highest BCUT2D eigenvalue weighted by Gasteiger charge is 2.20. The van der Waals surface area contributed by atoms with E-state index in [9.17, 15) is 9.59 Å². The number of carbonyl (C=O) groups is 2. The molecule has 0 saturated carbocycles. The molecule has 0 saturated heterocycles. The second-order valence-corrected chi connectivity index (χ2v) is 4.77. The zero-order valence-corrected chi connectivity index (χ0v) is 11.6. The molecule has 0 aromatic heterocycles. The van der Waals surface area contributed by atoms with Crippen LogP contribution in [0.25, 0.3) is 0 Å². The number of benzene rings is 2. The van der Waals surface area contributed by atoms with Crippen molar-refractivity contribution in [3.8, 4) is 0 Å². The topological polar surface area (TPSA) is 60.2 Å². The van der Waals surface area contributed by atoms with Gasteiger partial charge in [0.25, 0.3) is 0 Å². The predicted octanol–water partition coefficient (Wildman–Crippen LogP) is 3.14. The van der Waals surface area contributed by atoms with Crippen LogP contribution in [0.1, 0.15) is 51.7 Å².